The van der Waals surface area contributed by atoms with Crippen molar-refractivity contribution in [2.75, 3.05) is 13.1 Å². The summed E-state index contributed by atoms with van der Waals surface area (Å²) in [6, 6.07) is 10.0. The normalized spacial score (nSPS) is 13.8. The van der Waals surface area contributed by atoms with Gasteiger partial charge in [-0.2, -0.15) is 0 Å². The minimum absolute atomic E-state index is 0. The highest BCUT2D eigenvalue weighted by Crippen LogP contribution is 2.18. The molecular weight excluding hydrogens is 440 g/mol. The maximum atomic E-state index is 12.9. The lowest BCUT2D eigenvalue weighted by Crippen LogP contribution is -2.38. The van der Waals surface area contributed by atoms with Crippen LogP contribution in [0.4, 0.5) is 4.39 Å². The highest BCUT2D eigenvalue weighted by molar-refractivity contribution is 14.0. The van der Waals surface area contributed by atoms with Gasteiger partial charge in [0.25, 0.3) is 0 Å². The average Bonchev–Trinajstić information content (AvgIpc) is 3.07. The van der Waals surface area contributed by atoms with Crippen molar-refractivity contribution in [3.63, 3.8) is 0 Å². The van der Waals surface area contributed by atoms with Crippen molar-refractivity contribution in [2.24, 2.45) is 4.99 Å². The van der Waals surface area contributed by atoms with Gasteiger partial charge in [0, 0.05) is 11.4 Å². The Kier molecular flexibility index (Phi) is 9.24. The molecule has 24 heavy (non-hydrogen) atoms. The van der Waals surface area contributed by atoms with Gasteiger partial charge in [-0.25, -0.2) is 4.39 Å². The van der Waals surface area contributed by atoms with Gasteiger partial charge in [-0.15, -0.1) is 35.3 Å². The van der Waals surface area contributed by atoms with Crippen LogP contribution in [0.2, 0.25) is 0 Å². The smallest absolute Gasteiger partial charge is 0.191 e. The van der Waals surface area contributed by atoms with Gasteiger partial charge >= 0.3 is 0 Å². The van der Waals surface area contributed by atoms with E-state index in [9.17, 15) is 9.50 Å². The number of benzene rings is 1. The second-order valence-electron chi connectivity index (χ2n) is 5.17. The van der Waals surface area contributed by atoms with Gasteiger partial charge in [-0.05, 0) is 43.0 Å². The van der Waals surface area contributed by atoms with E-state index in [1.165, 1.54) is 17.0 Å². The number of nitrogens with zero attached hydrogens (tertiary/aromatic N) is 1. The van der Waals surface area contributed by atoms with Crippen LogP contribution in [0.1, 0.15) is 36.4 Å². The number of halogens is 2. The van der Waals surface area contributed by atoms with Crippen LogP contribution in [0.15, 0.2) is 46.8 Å². The van der Waals surface area contributed by atoms with Crippen molar-refractivity contribution in [1.29, 1.82) is 0 Å². The molecule has 1 aromatic heterocycles. The monoisotopic (exact) mass is 463 g/mol. The van der Waals surface area contributed by atoms with E-state index < -0.39 is 6.10 Å². The Hall–Kier alpha value is -1.19. The molecule has 0 saturated carbocycles. The lowest BCUT2D eigenvalue weighted by molar-refractivity contribution is 0.187. The van der Waals surface area contributed by atoms with Gasteiger partial charge in [0.1, 0.15) is 5.82 Å². The van der Waals surface area contributed by atoms with Gasteiger partial charge in [0.2, 0.25) is 0 Å². The molecule has 0 aliphatic carbocycles. The molecule has 2 atom stereocenters. The van der Waals surface area contributed by atoms with E-state index in [0.29, 0.717) is 11.5 Å². The molecule has 0 amide bonds. The Morgan fingerprint density at radius 3 is 2.58 bits per heavy atom. The van der Waals surface area contributed by atoms with Crippen molar-refractivity contribution in [3.8, 4) is 0 Å². The second-order valence-corrected chi connectivity index (χ2v) is 6.15. The van der Waals surface area contributed by atoms with Gasteiger partial charge < -0.3 is 15.7 Å². The first-order valence-electron chi connectivity index (χ1n) is 7.62. The lowest BCUT2D eigenvalue weighted by Gasteiger charge is -2.17. The second kappa shape index (κ2) is 10.6. The molecule has 2 aromatic rings. The molecule has 0 aliphatic heterocycles. The zero-order valence-corrected chi connectivity index (χ0v) is 16.8. The summed E-state index contributed by atoms with van der Waals surface area (Å²) in [7, 11) is 0. The molecule has 2 rings (SSSR count). The highest BCUT2D eigenvalue weighted by Gasteiger charge is 2.10. The van der Waals surface area contributed by atoms with Crippen molar-refractivity contribution < 1.29 is 9.50 Å². The third kappa shape index (κ3) is 6.37. The van der Waals surface area contributed by atoms with Crippen LogP contribution in [0.25, 0.3) is 0 Å². The van der Waals surface area contributed by atoms with Crippen molar-refractivity contribution in [3.05, 3.63) is 58.0 Å². The molecule has 4 nitrogen and oxygen atoms in total. The number of nitrogens with one attached hydrogen (secondary N) is 2. The summed E-state index contributed by atoms with van der Waals surface area (Å²) in [6.45, 7) is 4.99. The van der Waals surface area contributed by atoms with Crippen molar-refractivity contribution in [2.45, 2.75) is 26.0 Å². The standard InChI is InChI=1S/C17H22FN3OS.HI/c1-3-19-17(21-12(2)16-5-4-10-23-16)20-11-15(22)13-6-8-14(18)9-7-13;/h4-10,12,15,22H,3,11H2,1-2H3,(H2,19,20,21);1H. The third-order valence-corrected chi connectivity index (χ3v) is 4.40. The number of rotatable bonds is 6. The van der Waals surface area contributed by atoms with Crippen LogP contribution < -0.4 is 10.6 Å². The fourth-order valence-corrected chi connectivity index (χ4v) is 2.84. The van der Waals surface area contributed by atoms with E-state index in [2.05, 4.69) is 28.6 Å². The Morgan fingerprint density at radius 1 is 1.29 bits per heavy atom. The van der Waals surface area contributed by atoms with Crippen LogP contribution in [-0.2, 0) is 0 Å². The maximum absolute atomic E-state index is 12.9. The van der Waals surface area contributed by atoms with E-state index in [1.54, 1.807) is 23.5 Å². The highest BCUT2D eigenvalue weighted by atomic mass is 127. The molecule has 0 bridgehead atoms. The summed E-state index contributed by atoms with van der Waals surface area (Å²) >= 11 is 1.68. The summed E-state index contributed by atoms with van der Waals surface area (Å²) in [5.74, 6) is 0.332. The van der Waals surface area contributed by atoms with E-state index in [4.69, 9.17) is 0 Å². The molecule has 0 radical (unpaired) electrons. The maximum Gasteiger partial charge on any atom is 0.191 e. The lowest BCUT2D eigenvalue weighted by atomic mass is 10.1. The Bertz CT molecular complexity index is 619. The van der Waals surface area contributed by atoms with E-state index >= 15 is 0 Å². The minimum Gasteiger partial charge on any atom is -0.386 e. The topological polar surface area (TPSA) is 56.7 Å². The molecule has 0 fully saturated rings. The number of hydrogen-bond donors (Lipinski definition) is 3. The van der Waals surface area contributed by atoms with Crippen LogP contribution in [0.3, 0.4) is 0 Å². The number of guanidine groups is 1. The minimum atomic E-state index is -0.761. The summed E-state index contributed by atoms with van der Waals surface area (Å²) in [4.78, 5) is 5.63. The molecule has 0 spiro atoms. The SMILES string of the molecule is CCNC(=NCC(O)c1ccc(F)cc1)NC(C)c1cccs1.I. The molecule has 0 saturated heterocycles. The zero-order valence-electron chi connectivity index (χ0n) is 13.7. The molecule has 0 aliphatic rings. The number of hydrogen-bond acceptors (Lipinski definition) is 3. The first kappa shape index (κ1) is 20.9. The summed E-state index contributed by atoms with van der Waals surface area (Å²) in [5.41, 5.74) is 0.650. The van der Waals surface area contributed by atoms with Crippen molar-refractivity contribution >= 4 is 41.3 Å². The predicted molar refractivity (Wildman–Crippen MR) is 109 cm³/mol. The summed E-state index contributed by atoms with van der Waals surface area (Å²) < 4.78 is 12.9. The van der Waals surface area contributed by atoms with Gasteiger partial charge in [-0.1, -0.05) is 18.2 Å². The molecule has 1 heterocycles. The molecule has 2 unspecified atom stereocenters. The number of thiophene rings is 1. The summed E-state index contributed by atoms with van der Waals surface area (Å²) in [6.07, 6.45) is -0.761. The largest absolute Gasteiger partial charge is 0.386 e. The fourth-order valence-electron chi connectivity index (χ4n) is 2.10. The fraction of sp³-hybridized carbons (Fsp3) is 0.353. The molecular formula is C17H23FIN3OS. The average molecular weight is 463 g/mol. The first-order chi connectivity index (χ1) is 11.1. The summed E-state index contributed by atoms with van der Waals surface area (Å²) in [5, 5.41) is 18.7. The Balaban J connectivity index is 0.00000288. The first-order valence-corrected chi connectivity index (χ1v) is 8.50. The Labute approximate surface area is 163 Å². The zero-order chi connectivity index (χ0) is 16.7. The van der Waals surface area contributed by atoms with Crippen LogP contribution >= 0.6 is 35.3 Å². The number of aliphatic imine (C=N–C) groups is 1. The molecule has 132 valence electrons. The molecule has 3 N–H and O–H groups in total. The van der Waals surface area contributed by atoms with E-state index in [1.807, 2.05) is 18.4 Å². The van der Waals surface area contributed by atoms with Crippen LogP contribution in [-0.4, -0.2) is 24.2 Å². The van der Waals surface area contributed by atoms with Crippen LogP contribution in [0.5, 0.6) is 0 Å². The number of aliphatic hydroxyl groups is 1. The van der Waals surface area contributed by atoms with Crippen molar-refractivity contribution in [1.82, 2.24) is 10.6 Å². The van der Waals surface area contributed by atoms with Gasteiger partial charge in [0.05, 0.1) is 18.7 Å². The predicted octanol–water partition coefficient (Wildman–Crippen LogP) is 3.85. The van der Waals surface area contributed by atoms with Gasteiger partial charge in [-0.3, -0.25) is 4.99 Å². The van der Waals surface area contributed by atoms with E-state index in [0.717, 1.165) is 6.54 Å². The van der Waals surface area contributed by atoms with Gasteiger partial charge in [0.15, 0.2) is 5.96 Å². The Morgan fingerprint density at radius 2 is 2.00 bits per heavy atom. The molecule has 7 heteroatoms. The molecule has 1 aromatic carbocycles. The van der Waals surface area contributed by atoms with Crippen LogP contribution in [0, 0.1) is 5.82 Å². The third-order valence-electron chi connectivity index (χ3n) is 3.34. The quantitative estimate of drug-likeness (QED) is 0.347. The number of aliphatic hydroxyl groups excluding tert-OH is 1. The van der Waals surface area contributed by atoms with E-state index in [-0.39, 0.29) is 42.4 Å².